The van der Waals surface area contributed by atoms with Gasteiger partial charge in [-0.15, -0.1) is 12.4 Å². The fourth-order valence-electron chi connectivity index (χ4n) is 1.63. The van der Waals surface area contributed by atoms with Gasteiger partial charge < -0.3 is 10.4 Å². The highest BCUT2D eigenvalue weighted by Crippen LogP contribution is 2.14. The molecule has 2 rings (SSSR count). The van der Waals surface area contributed by atoms with Crippen molar-refractivity contribution in [3.63, 3.8) is 0 Å². The Morgan fingerprint density at radius 2 is 2.09 bits per heavy atom. The second-order valence-electron chi connectivity index (χ2n) is 3.25. The largest absolute Gasteiger partial charge is 0.392 e. The third kappa shape index (κ3) is 1.85. The van der Waals surface area contributed by atoms with Gasteiger partial charge in [-0.3, -0.25) is 4.90 Å². The number of aliphatic hydroxyl groups excluding tert-OH is 1. The van der Waals surface area contributed by atoms with E-state index in [-0.39, 0.29) is 18.5 Å². The molecule has 0 spiro atoms. The smallest absolute Gasteiger partial charge is 0.0679 e. The minimum Gasteiger partial charge on any atom is -0.392 e. The van der Waals surface area contributed by atoms with Gasteiger partial charge in [-0.25, -0.2) is 0 Å². The lowest BCUT2D eigenvalue weighted by atomic mass is 10.1. The van der Waals surface area contributed by atoms with Crippen LogP contribution in [0.15, 0.2) is 0 Å². The second kappa shape index (κ2) is 3.72. The van der Waals surface area contributed by atoms with E-state index in [4.69, 9.17) is 0 Å². The third-order valence-electron chi connectivity index (χ3n) is 2.47. The maximum absolute atomic E-state index is 9.21. The average molecular weight is 179 g/mol. The summed E-state index contributed by atoms with van der Waals surface area (Å²) in [5.41, 5.74) is 0. The minimum atomic E-state index is -0.0550. The van der Waals surface area contributed by atoms with Crippen molar-refractivity contribution >= 4 is 12.4 Å². The Labute approximate surface area is 73.2 Å². The van der Waals surface area contributed by atoms with Crippen molar-refractivity contribution in [1.29, 1.82) is 0 Å². The Balaban J connectivity index is 0.000000605. The molecule has 2 saturated heterocycles. The Morgan fingerprint density at radius 1 is 1.36 bits per heavy atom. The fourth-order valence-corrected chi connectivity index (χ4v) is 1.63. The summed E-state index contributed by atoms with van der Waals surface area (Å²) in [6.07, 6.45) is 0.914. The first kappa shape index (κ1) is 9.26. The topological polar surface area (TPSA) is 35.5 Å². The van der Waals surface area contributed by atoms with Crippen LogP contribution in [0.2, 0.25) is 0 Å². The third-order valence-corrected chi connectivity index (χ3v) is 2.47. The normalized spacial score (nSPS) is 33.0. The van der Waals surface area contributed by atoms with Crippen molar-refractivity contribution < 1.29 is 5.11 Å². The first-order valence-electron chi connectivity index (χ1n) is 3.99. The number of halogens is 1. The van der Waals surface area contributed by atoms with Gasteiger partial charge >= 0.3 is 0 Å². The molecule has 2 N–H and O–H groups in total. The van der Waals surface area contributed by atoms with Crippen LogP contribution in [0.3, 0.4) is 0 Å². The SMILES string of the molecule is Cl.OC1CCN(C2CNC2)C1. The molecular formula is C7H15ClN2O. The molecule has 2 aliphatic heterocycles. The molecule has 0 radical (unpaired) electrons. The Kier molecular flexibility index (Phi) is 3.13. The van der Waals surface area contributed by atoms with Crippen LogP contribution < -0.4 is 5.32 Å². The van der Waals surface area contributed by atoms with Gasteiger partial charge in [0.2, 0.25) is 0 Å². The van der Waals surface area contributed by atoms with E-state index in [0.29, 0.717) is 0 Å². The van der Waals surface area contributed by atoms with E-state index in [1.165, 1.54) is 0 Å². The average Bonchev–Trinajstić information content (AvgIpc) is 2.10. The zero-order valence-electron chi connectivity index (χ0n) is 6.49. The molecule has 2 fully saturated rings. The molecule has 0 amide bonds. The number of nitrogens with one attached hydrogen (secondary N) is 1. The molecule has 11 heavy (non-hydrogen) atoms. The van der Waals surface area contributed by atoms with Crippen LogP contribution in [0.1, 0.15) is 6.42 Å². The number of β-amino-alcohol motifs (C(OH)–C–C–N with tert-alkyl or cyclic N) is 1. The molecule has 0 aromatic heterocycles. The fraction of sp³-hybridized carbons (Fsp3) is 1.00. The Hall–Kier alpha value is 0.170. The van der Waals surface area contributed by atoms with Gasteiger partial charge in [0.25, 0.3) is 0 Å². The number of aliphatic hydroxyl groups is 1. The van der Waals surface area contributed by atoms with Gasteiger partial charge in [0, 0.05) is 32.2 Å². The van der Waals surface area contributed by atoms with Crippen LogP contribution in [0.25, 0.3) is 0 Å². The molecule has 0 aliphatic carbocycles. The Morgan fingerprint density at radius 3 is 2.45 bits per heavy atom. The lowest BCUT2D eigenvalue weighted by molar-refractivity contribution is 0.136. The highest BCUT2D eigenvalue weighted by atomic mass is 35.5. The van der Waals surface area contributed by atoms with E-state index >= 15 is 0 Å². The molecule has 1 atom stereocenters. The van der Waals surface area contributed by atoms with Crippen molar-refractivity contribution in [2.75, 3.05) is 26.2 Å². The summed E-state index contributed by atoms with van der Waals surface area (Å²) in [5, 5.41) is 12.4. The maximum Gasteiger partial charge on any atom is 0.0679 e. The molecule has 2 heterocycles. The van der Waals surface area contributed by atoms with Crippen LogP contribution in [0.4, 0.5) is 0 Å². The molecule has 4 heteroatoms. The lowest BCUT2D eigenvalue weighted by Gasteiger charge is -2.35. The van der Waals surface area contributed by atoms with Crippen LogP contribution in [0, 0.1) is 0 Å². The number of hydrogen-bond acceptors (Lipinski definition) is 3. The summed E-state index contributed by atoms with van der Waals surface area (Å²) in [5.74, 6) is 0. The molecule has 0 saturated carbocycles. The van der Waals surface area contributed by atoms with Gasteiger partial charge in [0.15, 0.2) is 0 Å². The van der Waals surface area contributed by atoms with E-state index in [1.54, 1.807) is 0 Å². The molecule has 66 valence electrons. The molecule has 0 aromatic carbocycles. The summed E-state index contributed by atoms with van der Waals surface area (Å²) < 4.78 is 0. The summed E-state index contributed by atoms with van der Waals surface area (Å²) >= 11 is 0. The van der Waals surface area contributed by atoms with E-state index in [0.717, 1.165) is 38.6 Å². The maximum atomic E-state index is 9.21. The van der Waals surface area contributed by atoms with E-state index < -0.39 is 0 Å². The highest BCUT2D eigenvalue weighted by Gasteiger charge is 2.29. The monoisotopic (exact) mass is 178 g/mol. The first-order chi connectivity index (χ1) is 4.86. The molecule has 0 aromatic rings. The molecule has 1 unspecified atom stereocenters. The number of rotatable bonds is 1. The predicted octanol–water partition coefficient (Wildman–Crippen LogP) is -0.553. The summed E-state index contributed by atoms with van der Waals surface area (Å²) in [6.45, 7) is 4.22. The van der Waals surface area contributed by atoms with Gasteiger partial charge in [-0.1, -0.05) is 0 Å². The van der Waals surface area contributed by atoms with E-state index in [1.807, 2.05) is 0 Å². The molecule has 2 aliphatic rings. The van der Waals surface area contributed by atoms with Crippen molar-refractivity contribution in [3.05, 3.63) is 0 Å². The second-order valence-corrected chi connectivity index (χ2v) is 3.25. The van der Waals surface area contributed by atoms with Gasteiger partial charge in [-0.05, 0) is 6.42 Å². The summed E-state index contributed by atoms with van der Waals surface area (Å²) in [4.78, 5) is 2.38. The standard InChI is InChI=1S/C7H14N2O.ClH/c10-7-1-2-9(5-7)6-3-8-4-6;/h6-8,10H,1-5H2;1H. The van der Waals surface area contributed by atoms with Gasteiger partial charge in [0.1, 0.15) is 0 Å². The van der Waals surface area contributed by atoms with Crippen LogP contribution >= 0.6 is 12.4 Å². The quantitative estimate of drug-likeness (QED) is 0.566. The van der Waals surface area contributed by atoms with Crippen molar-refractivity contribution in [1.82, 2.24) is 10.2 Å². The first-order valence-corrected chi connectivity index (χ1v) is 3.99. The highest BCUT2D eigenvalue weighted by molar-refractivity contribution is 5.85. The number of likely N-dealkylation sites (tertiary alicyclic amines) is 1. The number of nitrogens with zero attached hydrogens (tertiary/aromatic N) is 1. The Bertz CT molecular complexity index is 130. The lowest BCUT2D eigenvalue weighted by Crippen LogP contribution is -2.56. The van der Waals surface area contributed by atoms with Crippen molar-refractivity contribution in [2.24, 2.45) is 0 Å². The minimum absolute atomic E-state index is 0. The molecule has 3 nitrogen and oxygen atoms in total. The zero-order valence-corrected chi connectivity index (χ0v) is 7.31. The van der Waals surface area contributed by atoms with Crippen molar-refractivity contribution in [3.8, 4) is 0 Å². The summed E-state index contributed by atoms with van der Waals surface area (Å²) in [7, 11) is 0. The van der Waals surface area contributed by atoms with Crippen LogP contribution in [-0.4, -0.2) is 48.3 Å². The van der Waals surface area contributed by atoms with Crippen LogP contribution in [0.5, 0.6) is 0 Å². The zero-order chi connectivity index (χ0) is 6.97. The summed E-state index contributed by atoms with van der Waals surface area (Å²) in [6, 6.07) is 0.720. The van der Waals surface area contributed by atoms with Crippen LogP contribution in [-0.2, 0) is 0 Å². The van der Waals surface area contributed by atoms with E-state index in [9.17, 15) is 5.11 Å². The van der Waals surface area contributed by atoms with E-state index in [2.05, 4.69) is 10.2 Å². The number of hydrogen-bond donors (Lipinski definition) is 2. The molecule has 0 bridgehead atoms. The predicted molar refractivity (Wildman–Crippen MR) is 46.1 cm³/mol. The molecular weight excluding hydrogens is 164 g/mol. The van der Waals surface area contributed by atoms with Gasteiger partial charge in [-0.2, -0.15) is 0 Å². The van der Waals surface area contributed by atoms with Gasteiger partial charge in [0.05, 0.1) is 6.10 Å². The van der Waals surface area contributed by atoms with Crippen molar-refractivity contribution in [2.45, 2.75) is 18.6 Å².